The number of hydrogen-bond donors (Lipinski definition) is 1. The fraction of sp³-hybridized carbons (Fsp3) is 0.571. The molecule has 6 nitrogen and oxygen atoms in total. The number of aromatic nitrogens is 2. The first kappa shape index (κ1) is 18.1. The van der Waals surface area contributed by atoms with Gasteiger partial charge in [0, 0.05) is 30.1 Å². The van der Waals surface area contributed by atoms with E-state index in [1.807, 2.05) is 12.1 Å². The summed E-state index contributed by atoms with van der Waals surface area (Å²) in [4.78, 5) is 11.4. The summed E-state index contributed by atoms with van der Waals surface area (Å²) in [5.41, 5.74) is 1.51. The molecule has 1 aromatic carbocycles. The van der Waals surface area contributed by atoms with Crippen LogP contribution in [0.15, 0.2) is 24.5 Å². The summed E-state index contributed by atoms with van der Waals surface area (Å²) < 4.78 is 5.78. The number of nitrogens with zero attached hydrogens (tertiary/aromatic N) is 4. The molecule has 0 amide bonds. The predicted octanol–water partition coefficient (Wildman–Crippen LogP) is 3.33. The minimum Gasteiger partial charge on any atom is -0.376 e. The van der Waals surface area contributed by atoms with E-state index >= 15 is 0 Å². The van der Waals surface area contributed by atoms with Crippen LogP contribution in [0.3, 0.4) is 0 Å². The fourth-order valence-electron chi connectivity index (χ4n) is 4.46. The molecule has 1 aromatic heterocycles. The van der Waals surface area contributed by atoms with Crippen molar-refractivity contribution in [3.8, 4) is 6.07 Å². The zero-order valence-electron chi connectivity index (χ0n) is 16.1. The first-order valence-electron chi connectivity index (χ1n) is 9.94. The van der Waals surface area contributed by atoms with E-state index in [1.165, 1.54) is 12.8 Å². The van der Waals surface area contributed by atoms with Crippen LogP contribution < -0.4 is 5.32 Å². The van der Waals surface area contributed by atoms with Gasteiger partial charge in [-0.25, -0.2) is 9.97 Å². The lowest BCUT2D eigenvalue weighted by Crippen LogP contribution is -2.54. The highest BCUT2D eigenvalue weighted by Gasteiger charge is 2.33. The topological polar surface area (TPSA) is 74.1 Å². The van der Waals surface area contributed by atoms with Gasteiger partial charge in [-0.2, -0.15) is 5.26 Å². The Morgan fingerprint density at radius 1 is 1.19 bits per heavy atom. The highest BCUT2D eigenvalue weighted by Crippen LogP contribution is 2.30. The lowest BCUT2D eigenvalue weighted by atomic mass is 9.88. The van der Waals surface area contributed by atoms with Gasteiger partial charge in [0.2, 0.25) is 0 Å². The normalized spacial score (nSPS) is 29.4. The van der Waals surface area contributed by atoms with Crippen LogP contribution in [-0.2, 0) is 4.74 Å². The van der Waals surface area contributed by atoms with Crippen molar-refractivity contribution in [2.24, 2.45) is 0 Å². The van der Waals surface area contributed by atoms with Crippen LogP contribution in [0.1, 0.15) is 45.1 Å². The van der Waals surface area contributed by atoms with Gasteiger partial charge in [-0.3, -0.25) is 4.90 Å². The van der Waals surface area contributed by atoms with E-state index in [1.54, 1.807) is 12.4 Å². The highest BCUT2D eigenvalue weighted by molar-refractivity contribution is 5.89. The minimum atomic E-state index is 0.316. The van der Waals surface area contributed by atoms with Gasteiger partial charge in [-0.15, -0.1) is 0 Å². The van der Waals surface area contributed by atoms with Crippen LogP contribution >= 0.6 is 0 Å². The van der Waals surface area contributed by atoms with Crippen LogP contribution in [0.25, 0.3) is 10.9 Å². The molecule has 27 heavy (non-hydrogen) atoms. The number of morpholine rings is 1. The first-order valence-corrected chi connectivity index (χ1v) is 9.94. The van der Waals surface area contributed by atoms with Crippen molar-refractivity contribution in [3.05, 3.63) is 30.1 Å². The maximum Gasteiger partial charge on any atom is 0.137 e. The van der Waals surface area contributed by atoms with Gasteiger partial charge >= 0.3 is 0 Å². The maximum atomic E-state index is 9.18. The van der Waals surface area contributed by atoms with E-state index < -0.39 is 0 Å². The Morgan fingerprint density at radius 2 is 2.00 bits per heavy atom. The van der Waals surface area contributed by atoms with Crippen LogP contribution in [0.5, 0.6) is 0 Å². The summed E-state index contributed by atoms with van der Waals surface area (Å²) in [6, 6.07) is 9.32. The van der Waals surface area contributed by atoms with E-state index in [0.717, 1.165) is 42.7 Å². The molecule has 1 saturated heterocycles. The minimum absolute atomic E-state index is 0.316. The van der Waals surface area contributed by atoms with Gasteiger partial charge in [0.25, 0.3) is 0 Å². The average Bonchev–Trinajstić information content (AvgIpc) is 2.71. The second kappa shape index (κ2) is 7.79. The third-order valence-electron chi connectivity index (χ3n) is 6.20. The monoisotopic (exact) mass is 365 g/mol. The molecule has 0 radical (unpaired) electrons. The molecular formula is C21H27N5O. The van der Waals surface area contributed by atoms with Crippen LogP contribution in [0.4, 0.5) is 5.82 Å². The first-order chi connectivity index (χ1) is 13.2. The number of hydrogen-bond acceptors (Lipinski definition) is 6. The highest BCUT2D eigenvalue weighted by atomic mass is 16.5. The van der Waals surface area contributed by atoms with Crippen molar-refractivity contribution in [1.29, 1.82) is 5.26 Å². The molecule has 6 heteroatoms. The molecule has 2 aliphatic rings. The smallest absolute Gasteiger partial charge is 0.137 e. The van der Waals surface area contributed by atoms with Crippen molar-refractivity contribution in [3.63, 3.8) is 0 Å². The van der Waals surface area contributed by atoms with Gasteiger partial charge in [0.15, 0.2) is 0 Å². The second-order valence-electron chi connectivity index (χ2n) is 7.77. The van der Waals surface area contributed by atoms with Gasteiger partial charge in [-0.05, 0) is 57.7 Å². The molecule has 4 rings (SSSR count). The lowest BCUT2D eigenvalue weighted by Gasteiger charge is -2.45. The third kappa shape index (κ3) is 3.76. The van der Waals surface area contributed by atoms with Crippen molar-refractivity contribution in [1.82, 2.24) is 14.9 Å². The van der Waals surface area contributed by atoms with Gasteiger partial charge < -0.3 is 10.1 Å². The predicted molar refractivity (Wildman–Crippen MR) is 106 cm³/mol. The van der Waals surface area contributed by atoms with Crippen molar-refractivity contribution >= 4 is 16.7 Å². The molecular weight excluding hydrogens is 338 g/mol. The second-order valence-corrected chi connectivity index (χ2v) is 7.77. The van der Waals surface area contributed by atoms with E-state index in [4.69, 9.17) is 4.74 Å². The molecule has 1 saturated carbocycles. The average molecular weight is 365 g/mol. The number of anilines is 1. The van der Waals surface area contributed by atoms with Gasteiger partial charge in [0.05, 0.1) is 29.9 Å². The zero-order chi connectivity index (χ0) is 18.8. The molecule has 0 bridgehead atoms. The van der Waals surface area contributed by atoms with Gasteiger partial charge in [-0.1, -0.05) is 0 Å². The maximum absolute atomic E-state index is 9.18. The van der Waals surface area contributed by atoms with E-state index in [9.17, 15) is 5.26 Å². The molecule has 2 atom stereocenters. The molecule has 2 heterocycles. The number of nitriles is 1. The number of fused-ring (bicyclic) bond motifs is 1. The summed E-state index contributed by atoms with van der Waals surface area (Å²) in [6.45, 7) is 6.35. The molecule has 142 valence electrons. The lowest BCUT2D eigenvalue weighted by molar-refractivity contribution is -0.0766. The fourth-order valence-corrected chi connectivity index (χ4v) is 4.46. The molecule has 0 spiro atoms. The van der Waals surface area contributed by atoms with Crippen LogP contribution in [-0.4, -0.2) is 52.2 Å². The van der Waals surface area contributed by atoms with Crippen LogP contribution in [0, 0.1) is 11.3 Å². The standard InChI is InChI=1S/C21H27N5O/c1-14-15(2)27-10-9-26(14)18-6-4-17(5-7-18)25-21-19-11-16(12-22)3-8-20(19)23-13-24-21/h3,8,11,13-15,17-18H,4-7,9-10H2,1-2H3,(H,23,24,25)/t14-,15+,17?,18?/m1/s1. The van der Waals surface area contributed by atoms with E-state index in [2.05, 4.69) is 40.1 Å². The number of rotatable bonds is 3. The largest absolute Gasteiger partial charge is 0.376 e. The summed E-state index contributed by atoms with van der Waals surface area (Å²) in [6.07, 6.45) is 6.57. The number of benzene rings is 1. The summed E-state index contributed by atoms with van der Waals surface area (Å²) in [5.74, 6) is 0.842. The van der Waals surface area contributed by atoms with Crippen molar-refractivity contribution in [2.75, 3.05) is 18.5 Å². The molecule has 2 aromatic rings. The quantitative estimate of drug-likeness (QED) is 0.899. The Labute approximate surface area is 160 Å². The molecule has 1 N–H and O–H groups in total. The Hall–Kier alpha value is -2.23. The Balaban J connectivity index is 1.42. The Kier molecular flexibility index (Phi) is 5.24. The molecule has 1 aliphatic carbocycles. The summed E-state index contributed by atoms with van der Waals surface area (Å²) >= 11 is 0. The van der Waals surface area contributed by atoms with Crippen LogP contribution in [0.2, 0.25) is 0 Å². The Morgan fingerprint density at radius 3 is 2.78 bits per heavy atom. The van der Waals surface area contributed by atoms with E-state index in [-0.39, 0.29) is 0 Å². The summed E-state index contributed by atoms with van der Waals surface area (Å²) in [7, 11) is 0. The van der Waals surface area contributed by atoms with Crippen molar-refractivity contribution in [2.45, 2.75) is 63.8 Å². The number of nitrogens with one attached hydrogen (secondary N) is 1. The SMILES string of the molecule is C[C@@H]1OCCN(C2CCC(Nc3ncnc4ccc(C#N)cc34)CC2)[C@@H]1C. The zero-order valence-corrected chi connectivity index (χ0v) is 16.1. The summed E-state index contributed by atoms with van der Waals surface area (Å²) in [5, 5.41) is 13.7. The van der Waals surface area contributed by atoms with Crippen molar-refractivity contribution < 1.29 is 4.74 Å². The molecule has 0 unspecified atom stereocenters. The molecule has 1 aliphatic heterocycles. The molecule has 2 fully saturated rings. The number of ether oxygens (including phenoxy) is 1. The van der Waals surface area contributed by atoms with E-state index in [0.29, 0.717) is 29.8 Å². The third-order valence-corrected chi connectivity index (χ3v) is 6.20. The van der Waals surface area contributed by atoms with Gasteiger partial charge in [0.1, 0.15) is 12.1 Å². The Bertz CT molecular complexity index is 840.